The second-order valence-electron chi connectivity index (χ2n) is 6.56. The predicted octanol–water partition coefficient (Wildman–Crippen LogP) is 1.60. The van der Waals surface area contributed by atoms with Gasteiger partial charge in [0.05, 0.1) is 4.90 Å². The Morgan fingerprint density at radius 2 is 1.69 bits per heavy atom. The molecule has 0 aliphatic carbocycles. The van der Waals surface area contributed by atoms with Crippen LogP contribution in [0.25, 0.3) is 0 Å². The molecule has 1 aliphatic rings. The van der Waals surface area contributed by atoms with Crippen LogP contribution >= 0.6 is 0 Å². The van der Waals surface area contributed by atoms with Gasteiger partial charge in [-0.1, -0.05) is 29.8 Å². The second kappa shape index (κ2) is 7.57. The van der Waals surface area contributed by atoms with E-state index in [1.165, 1.54) is 4.31 Å². The number of sulfonamides is 1. The van der Waals surface area contributed by atoms with Crippen molar-refractivity contribution in [2.75, 3.05) is 26.2 Å². The number of hydrogen-bond acceptors (Lipinski definition) is 4. The Hall–Kier alpha value is -2.22. The number of benzene rings is 2. The molecule has 138 valence electrons. The van der Waals surface area contributed by atoms with Crippen molar-refractivity contribution in [3.63, 3.8) is 0 Å². The Morgan fingerprint density at radius 1 is 1.04 bits per heavy atom. The summed E-state index contributed by atoms with van der Waals surface area (Å²) in [4.78, 5) is 13.8. The molecule has 0 radical (unpaired) electrons. The van der Waals surface area contributed by atoms with Crippen LogP contribution in [0.2, 0.25) is 0 Å². The average molecular weight is 373 g/mol. The highest BCUT2D eigenvalue weighted by molar-refractivity contribution is 7.89. The van der Waals surface area contributed by atoms with E-state index in [4.69, 9.17) is 5.73 Å². The summed E-state index contributed by atoms with van der Waals surface area (Å²) < 4.78 is 27.0. The van der Waals surface area contributed by atoms with Crippen molar-refractivity contribution in [2.45, 2.75) is 18.4 Å². The zero-order valence-electron chi connectivity index (χ0n) is 14.8. The van der Waals surface area contributed by atoms with E-state index in [-0.39, 0.29) is 0 Å². The van der Waals surface area contributed by atoms with Gasteiger partial charge in [0.2, 0.25) is 15.9 Å². The number of rotatable bonds is 5. The summed E-state index contributed by atoms with van der Waals surface area (Å²) >= 11 is 0. The fourth-order valence-corrected chi connectivity index (χ4v) is 4.49. The lowest BCUT2D eigenvalue weighted by Crippen LogP contribution is -2.48. The topological polar surface area (TPSA) is 83.7 Å². The van der Waals surface area contributed by atoms with E-state index in [9.17, 15) is 13.2 Å². The summed E-state index contributed by atoms with van der Waals surface area (Å²) in [7, 11) is -3.45. The summed E-state index contributed by atoms with van der Waals surface area (Å²) in [6.45, 7) is 4.79. The maximum Gasteiger partial charge on any atom is 0.248 e. The number of nitrogens with two attached hydrogens (primary N) is 1. The van der Waals surface area contributed by atoms with Gasteiger partial charge in [-0.15, -0.1) is 0 Å². The van der Waals surface area contributed by atoms with Gasteiger partial charge >= 0.3 is 0 Å². The first kappa shape index (κ1) is 18.6. The number of nitrogens with zero attached hydrogens (tertiary/aromatic N) is 2. The first-order valence-corrected chi connectivity index (χ1v) is 9.98. The second-order valence-corrected chi connectivity index (χ2v) is 8.50. The van der Waals surface area contributed by atoms with Crippen LogP contribution < -0.4 is 5.73 Å². The molecule has 0 spiro atoms. The Morgan fingerprint density at radius 3 is 2.31 bits per heavy atom. The molecule has 1 amide bonds. The van der Waals surface area contributed by atoms with E-state index < -0.39 is 15.9 Å². The van der Waals surface area contributed by atoms with Gasteiger partial charge in [0.25, 0.3) is 0 Å². The standard InChI is InChI=1S/C19H23N3O3S/c1-15-5-7-18(8-6-15)26(24,25)22-11-9-21(10-12-22)14-16-3-2-4-17(13-16)19(20)23/h2-8,13H,9-12,14H2,1H3,(H2,20,23). The number of aryl methyl sites for hydroxylation is 1. The van der Waals surface area contributed by atoms with E-state index >= 15 is 0 Å². The molecule has 1 aliphatic heterocycles. The normalized spacial score (nSPS) is 16.5. The molecule has 0 unspecified atom stereocenters. The summed E-state index contributed by atoms with van der Waals surface area (Å²) in [6.07, 6.45) is 0. The van der Waals surface area contributed by atoms with Gasteiger partial charge in [-0.05, 0) is 36.8 Å². The zero-order valence-corrected chi connectivity index (χ0v) is 15.6. The van der Waals surface area contributed by atoms with Crippen molar-refractivity contribution in [1.82, 2.24) is 9.21 Å². The minimum atomic E-state index is -3.45. The van der Waals surface area contributed by atoms with E-state index in [1.807, 2.05) is 31.2 Å². The van der Waals surface area contributed by atoms with Crippen LogP contribution in [0.4, 0.5) is 0 Å². The van der Waals surface area contributed by atoms with Crippen molar-refractivity contribution < 1.29 is 13.2 Å². The number of piperazine rings is 1. The summed E-state index contributed by atoms with van der Waals surface area (Å²) in [5, 5.41) is 0. The maximum absolute atomic E-state index is 12.7. The SMILES string of the molecule is Cc1ccc(S(=O)(=O)N2CCN(Cc3cccc(C(N)=O)c3)CC2)cc1. The van der Waals surface area contributed by atoms with Gasteiger partial charge in [0, 0.05) is 38.3 Å². The molecule has 1 fully saturated rings. The molecule has 1 saturated heterocycles. The minimum Gasteiger partial charge on any atom is -0.366 e. The van der Waals surface area contributed by atoms with E-state index in [1.54, 1.807) is 24.3 Å². The van der Waals surface area contributed by atoms with Crippen LogP contribution in [-0.2, 0) is 16.6 Å². The van der Waals surface area contributed by atoms with Crippen LogP contribution in [0.3, 0.4) is 0 Å². The lowest BCUT2D eigenvalue weighted by molar-refractivity contribution is 0.1000. The van der Waals surface area contributed by atoms with E-state index in [2.05, 4.69) is 4.90 Å². The molecular weight excluding hydrogens is 350 g/mol. The molecule has 1 heterocycles. The Labute approximate surface area is 154 Å². The summed E-state index contributed by atoms with van der Waals surface area (Å²) in [6, 6.07) is 14.2. The molecule has 0 atom stereocenters. The van der Waals surface area contributed by atoms with E-state index in [0.29, 0.717) is 43.2 Å². The third-order valence-corrected chi connectivity index (χ3v) is 6.52. The van der Waals surface area contributed by atoms with Gasteiger partial charge in [0.15, 0.2) is 0 Å². The molecule has 2 N–H and O–H groups in total. The average Bonchev–Trinajstić information content (AvgIpc) is 2.63. The Balaban J connectivity index is 1.63. The lowest BCUT2D eigenvalue weighted by atomic mass is 10.1. The molecule has 6 nitrogen and oxygen atoms in total. The molecule has 7 heteroatoms. The molecule has 2 aromatic rings. The highest BCUT2D eigenvalue weighted by Gasteiger charge is 2.28. The van der Waals surface area contributed by atoms with E-state index in [0.717, 1.165) is 11.1 Å². The number of carbonyl (C=O) groups is 1. The third-order valence-electron chi connectivity index (χ3n) is 4.61. The van der Waals surface area contributed by atoms with Gasteiger partial charge in [-0.2, -0.15) is 4.31 Å². The minimum absolute atomic E-state index is 0.339. The van der Waals surface area contributed by atoms with Gasteiger partial charge in [0.1, 0.15) is 0 Å². The van der Waals surface area contributed by atoms with Gasteiger partial charge in [-0.25, -0.2) is 8.42 Å². The Kier molecular flexibility index (Phi) is 5.41. The van der Waals surface area contributed by atoms with Crippen LogP contribution in [0.5, 0.6) is 0 Å². The van der Waals surface area contributed by atoms with Gasteiger partial charge in [-0.3, -0.25) is 9.69 Å². The fraction of sp³-hybridized carbons (Fsp3) is 0.316. The monoisotopic (exact) mass is 373 g/mol. The summed E-state index contributed by atoms with van der Waals surface area (Å²) in [5.41, 5.74) is 7.84. The number of hydrogen-bond donors (Lipinski definition) is 1. The number of amides is 1. The van der Waals surface area contributed by atoms with Crippen LogP contribution in [0.1, 0.15) is 21.5 Å². The molecule has 2 aromatic carbocycles. The van der Waals surface area contributed by atoms with Crippen molar-refractivity contribution in [1.29, 1.82) is 0 Å². The molecular formula is C19H23N3O3S. The van der Waals surface area contributed by atoms with Crippen molar-refractivity contribution in [3.8, 4) is 0 Å². The van der Waals surface area contributed by atoms with Crippen LogP contribution in [0, 0.1) is 6.92 Å². The van der Waals surface area contributed by atoms with Gasteiger partial charge < -0.3 is 5.73 Å². The maximum atomic E-state index is 12.7. The zero-order chi connectivity index (χ0) is 18.7. The fourth-order valence-electron chi connectivity index (χ4n) is 3.07. The number of primary amides is 1. The molecule has 0 bridgehead atoms. The molecule has 0 aromatic heterocycles. The highest BCUT2D eigenvalue weighted by atomic mass is 32.2. The quantitative estimate of drug-likeness (QED) is 0.863. The number of carbonyl (C=O) groups excluding carboxylic acids is 1. The lowest BCUT2D eigenvalue weighted by Gasteiger charge is -2.34. The Bertz CT molecular complexity index is 887. The molecule has 3 rings (SSSR count). The van der Waals surface area contributed by atoms with Crippen molar-refractivity contribution in [2.24, 2.45) is 5.73 Å². The molecule has 26 heavy (non-hydrogen) atoms. The van der Waals surface area contributed by atoms with Crippen molar-refractivity contribution >= 4 is 15.9 Å². The highest BCUT2D eigenvalue weighted by Crippen LogP contribution is 2.19. The first-order chi connectivity index (χ1) is 12.4. The van der Waals surface area contributed by atoms with Crippen LogP contribution in [0.15, 0.2) is 53.4 Å². The summed E-state index contributed by atoms with van der Waals surface area (Å²) in [5.74, 6) is -0.444. The molecule has 0 saturated carbocycles. The first-order valence-electron chi connectivity index (χ1n) is 8.54. The van der Waals surface area contributed by atoms with Crippen LogP contribution in [-0.4, -0.2) is 49.7 Å². The third kappa shape index (κ3) is 4.12. The smallest absolute Gasteiger partial charge is 0.248 e. The predicted molar refractivity (Wildman–Crippen MR) is 100 cm³/mol. The largest absolute Gasteiger partial charge is 0.366 e. The van der Waals surface area contributed by atoms with Crippen molar-refractivity contribution in [3.05, 3.63) is 65.2 Å².